The lowest BCUT2D eigenvalue weighted by Crippen LogP contribution is -2.22. The maximum Gasteiger partial charge on any atom is 0.135 e. The molecule has 0 amide bonds. The Kier molecular flexibility index (Phi) is 3.41. The third kappa shape index (κ3) is 2.01. The summed E-state index contributed by atoms with van der Waals surface area (Å²) in [6.45, 7) is 2.76. The summed E-state index contributed by atoms with van der Waals surface area (Å²) in [6, 6.07) is 4.82. The first-order valence-corrected chi connectivity index (χ1v) is 4.78. The van der Waals surface area contributed by atoms with E-state index in [1.807, 2.05) is 18.9 Å². The van der Waals surface area contributed by atoms with Crippen LogP contribution in [0.25, 0.3) is 0 Å². The minimum atomic E-state index is -0.365. The summed E-state index contributed by atoms with van der Waals surface area (Å²) in [5.41, 5.74) is 6.53. The molecule has 0 bridgehead atoms. The minimum absolute atomic E-state index is 0.0957. The van der Waals surface area contributed by atoms with Gasteiger partial charge in [-0.05, 0) is 19.1 Å². The highest BCUT2D eigenvalue weighted by molar-refractivity contribution is 7.80. The molecule has 0 fully saturated rings. The van der Waals surface area contributed by atoms with E-state index in [-0.39, 0.29) is 10.8 Å². The predicted molar refractivity (Wildman–Crippen MR) is 61.2 cm³/mol. The van der Waals surface area contributed by atoms with Crippen molar-refractivity contribution in [3.05, 3.63) is 29.6 Å². The molecule has 0 unspecified atom stereocenters. The molecule has 0 radical (unpaired) electrons. The molecule has 0 saturated carbocycles. The van der Waals surface area contributed by atoms with Crippen LogP contribution in [0.4, 0.5) is 10.1 Å². The topological polar surface area (TPSA) is 29.3 Å². The molecule has 0 aliphatic carbocycles. The Morgan fingerprint density at radius 1 is 1.57 bits per heavy atom. The Morgan fingerprint density at radius 3 is 2.71 bits per heavy atom. The highest BCUT2D eigenvalue weighted by Crippen LogP contribution is 2.21. The van der Waals surface area contributed by atoms with E-state index >= 15 is 0 Å². The summed E-state index contributed by atoms with van der Waals surface area (Å²) < 4.78 is 13.4. The molecule has 0 heterocycles. The molecule has 76 valence electrons. The average molecular weight is 212 g/mol. The van der Waals surface area contributed by atoms with E-state index in [1.165, 1.54) is 6.07 Å². The van der Waals surface area contributed by atoms with Crippen molar-refractivity contribution in [2.75, 3.05) is 18.5 Å². The Labute approximate surface area is 88.5 Å². The molecule has 4 heteroatoms. The number of anilines is 1. The molecule has 0 spiro atoms. The summed E-state index contributed by atoms with van der Waals surface area (Å²) in [5.74, 6) is -0.365. The fraction of sp³-hybridized carbons (Fsp3) is 0.300. The van der Waals surface area contributed by atoms with Crippen LogP contribution >= 0.6 is 12.2 Å². The Balaban J connectivity index is 3.28. The monoisotopic (exact) mass is 212 g/mol. The molecule has 0 aromatic heterocycles. The van der Waals surface area contributed by atoms with Gasteiger partial charge in [0.25, 0.3) is 0 Å². The van der Waals surface area contributed by atoms with Crippen LogP contribution in [0.2, 0.25) is 0 Å². The zero-order chi connectivity index (χ0) is 10.7. The van der Waals surface area contributed by atoms with Gasteiger partial charge >= 0.3 is 0 Å². The number of halogens is 1. The molecule has 0 aliphatic heterocycles. The Hall–Kier alpha value is -1.16. The summed E-state index contributed by atoms with van der Waals surface area (Å²) >= 11 is 4.82. The van der Waals surface area contributed by atoms with Crippen molar-refractivity contribution >= 4 is 22.9 Å². The lowest BCUT2D eigenvalue weighted by atomic mass is 10.1. The number of rotatable bonds is 3. The highest BCUT2D eigenvalue weighted by Gasteiger charge is 2.12. The van der Waals surface area contributed by atoms with Crippen LogP contribution in [-0.2, 0) is 0 Å². The second kappa shape index (κ2) is 4.37. The van der Waals surface area contributed by atoms with E-state index in [4.69, 9.17) is 18.0 Å². The molecular formula is C10H13FN2S. The van der Waals surface area contributed by atoms with E-state index in [1.54, 1.807) is 12.1 Å². The van der Waals surface area contributed by atoms with Gasteiger partial charge in [-0.2, -0.15) is 0 Å². The second-order valence-electron chi connectivity index (χ2n) is 3.01. The number of benzene rings is 1. The van der Waals surface area contributed by atoms with Gasteiger partial charge in [-0.1, -0.05) is 18.3 Å². The molecular weight excluding hydrogens is 199 g/mol. The molecule has 14 heavy (non-hydrogen) atoms. The van der Waals surface area contributed by atoms with Crippen LogP contribution in [0.1, 0.15) is 12.5 Å². The van der Waals surface area contributed by atoms with Crippen LogP contribution in [-0.4, -0.2) is 18.6 Å². The van der Waals surface area contributed by atoms with Crippen LogP contribution in [0.3, 0.4) is 0 Å². The van der Waals surface area contributed by atoms with E-state index in [0.717, 1.165) is 12.2 Å². The predicted octanol–water partition coefficient (Wildman–Crippen LogP) is 1.92. The van der Waals surface area contributed by atoms with Gasteiger partial charge in [0.1, 0.15) is 10.8 Å². The van der Waals surface area contributed by atoms with Gasteiger partial charge in [0.05, 0.1) is 5.56 Å². The lowest BCUT2D eigenvalue weighted by Gasteiger charge is -2.20. The lowest BCUT2D eigenvalue weighted by molar-refractivity contribution is 0.625. The molecule has 0 atom stereocenters. The standard InChI is InChI=1S/C10H13FN2S/c1-3-13(2)8-6-4-5-7(11)9(8)10(12)14/h4-6H,3H2,1-2H3,(H2,12,14). The Bertz CT molecular complexity index is 352. The molecule has 1 aromatic rings. The zero-order valence-electron chi connectivity index (χ0n) is 8.25. The van der Waals surface area contributed by atoms with Gasteiger partial charge in [0, 0.05) is 19.3 Å². The first-order chi connectivity index (χ1) is 6.57. The van der Waals surface area contributed by atoms with Crippen LogP contribution in [0, 0.1) is 5.82 Å². The summed E-state index contributed by atoms with van der Waals surface area (Å²) in [5, 5.41) is 0. The van der Waals surface area contributed by atoms with Crippen molar-refractivity contribution in [3.63, 3.8) is 0 Å². The molecule has 2 N–H and O–H groups in total. The van der Waals surface area contributed by atoms with Crippen molar-refractivity contribution in [3.8, 4) is 0 Å². The van der Waals surface area contributed by atoms with Gasteiger partial charge < -0.3 is 10.6 Å². The van der Waals surface area contributed by atoms with Gasteiger partial charge in [-0.3, -0.25) is 0 Å². The number of hydrogen-bond acceptors (Lipinski definition) is 2. The van der Waals surface area contributed by atoms with Crippen molar-refractivity contribution < 1.29 is 4.39 Å². The third-order valence-electron chi connectivity index (χ3n) is 2.12. The first kappa shape index (κ1) is 10.9. The van der Waals surface area contributed by atoms with Crippen LogP contribution in [0.15, 0.2) is 18.2 Å². The van der Waals surface area contributed by atoms with Crippen molar-refractivity contribution in [1.29, 1.82) is 0 Å². The van der Waals surface area contributed by atoms with Gasteiger partial charge in [-0.15, -0.1) is 0 Å². The number of nitrogens with zero attached hydrogens (tertiary/aromatic N) is 1. The smallest absolute Gasteiger partial charge is 0.135 e. The fourth-order valence-corrected chi connectivity index (χ4v) is 1.45. The van der Waals surface area contributed by atoms with Gasteiger partial charge in [0.2, 0.25) is 0 Å². The maximum atomic E-state index is 13.4. The fourth-order valence-electron chi connectivity index (χ4n) is 1.25. The van der Waals surface area contributed by atoms with Gasteiger partial charge in [-0.25, -0.2) is 4.39 Å². The molecule has 0 aliphatic rings. The van der Waals surface area contributed by atoms with Gasteiger partial charge in [0.15, 0.2) is 0 Å². The zero-order valence-corrected chi connectivity index (χ0v) is 9.07. The Morgan fingerprint density at radius 2 is 2.21 bits per heavy atom. The number of thiocarbonyl (C=S) groups is 1. The normalized spacial score (nSPS) is 9.93. The van der Waals surface area contributed by atoms with Crippen molar-refractivity contribution in [2.45, 2.75) is 6.92 Å². The largest absolute Gasteiger partial charge is 0.389 e. The van der Waals surface area contributed by atoms with E-state index in [9.17, 15) is 4.39 Å². The second-order valence-corrected chi connectivity index (χ2v) is 3.45. The first-order valence-electron chi connectivity index (χ1n) is 4.37. The summed E-state index contributed by atoms with van der Waals surface area (Å²) in [7, 11) is 1.87. The van der Waals surface area contributed by atoms with Crippen molar-refractivity contribution in [2.24, 2.45) is 5.73 Å². The number of hydrogen-bond donors (Lipinski definition) is 1. The minimum Gasteiger partial charge on any atom is -0.389 e. The quantitative estimate of drug-likeness (QED) is 0.776. The van der Waals surface area contributed by atoms with Crippen LogP contribution in [0.5, 0.6) is 0 Å². The molecule has 1 rings (SSSR count). The molecule has 2 nitrogen and oxygen atoms in total. The van der Waals surface area contributed by atoms with E-state index < -0.39 is 0 Å². The maximum absolute atomic E-state index is 13.4. The SMILES string of the molecule is CCN(C)c1cccc(F)c1C(N)=S. The van der Waals surface area contributed by atoms with E-state index in [2.05, 4.69) is 0 Å². The molecule has 1 aromatic carbocycles. The average Bonchev–Trinajstić information content (AvgIpc) is 2.15. The highest BCUT2D eigenvalue weighted by atomic mass is 32.1. The van der Waals surface area contributed by atoms with E-state index in [0.29, 0.717) is 5.56 Å². The third-order valence-corrected chi connectivity index (χ3v) is 2.33. The molecule has 0 saturated heterocycles. The van der Waals surface area contributed by atoms with Crippen LogP contribution < -0.4 is 10.6 Å². The summed E-state index contributed by atoms with van der Waals surface area (Å²) in [6.07, 6.45) is 0. The summed E-state index contributed by atoms with van der Waals surface area (Å²) in [4.78, 5) is 2.00. The number of nitrogens with two attached hydrogens (primary N) is 1. The van der Waals surface area contributed by atoms with Crippen molar-refractivity contribution in [1.82, 2.24) is 0 Å².